The number of nitrogens with zero attached hydrogens (tertiary/aromatic N) is 1. The summed E-state index contributed by atoms with van der Waals surface area (Å²) in [7, 11) is 1.50. The Balaban J connectivity index is 1.95. The maximum atomic E-state index is 11.9. The number of benzene rings is 1. The second-order valence-electron chi connectivity index (χ2n) is 4.54. The van der Waals surface area contributed by atoms with E-state index in [9.17, 15) is 18.0 Å². The van der Waals surface area contributed by atoms with Gasteiger partial charge >= 0.3 is 6.18 Å². The first-order valence-electron chi connectivity index (χ1n) is 6.52. The van der Waals surface area contributed by atoms with E-state index in [1.165, 1.54) is 7.11 Å². The molecule has 1 aromatic carbocycles. The number of halogens is 4. The zero-order valence-corrected chi connectivity index (χ0v) is 13.9. The predicted molar refractivity (Wildman–Crippen MR) is 84.6 cm³/mol. The third kappa shape index (κ3) is 5.36. The lowest BCUT2D eigenvalue weighted by atomic mass is 10.2. The zero-order valence-electron chi connectivity index (χ0n) is 12.3. The van der Waals surface area contributed by atoms with Crippen molar-refractivity contribution in [3.63, 3.8) is 0 Å². The quantitative estimate of drug-likeness (QED) is 0.823. The van der Waals surface area contributed by atoms with Gasteiger partial charge in [0.25, 0.3) is 5.91 Å². The first-order valence-corrected chi connectivity index (χ1v) is 7.78. The molecule has 1 amide bonds. The van der Waals surface area contributed by atoms with Crippen molar-refractivity contribution in [3.05, 3.63) is 28.6 Å². The number of nitrogens with one attached hydrogen (secondary N) is 1. The number of alkyl halides is 3. The predicted octanol–water partition coefficient (Wildman–Crippen LogP) is 3.99. The Bertz CT molecular complexity index is 722. The van der Waals surface area contributed by atoms with Crippen LogP contribution in [0.5, 0.6) is 5.75 Å². The maximum absolute atomic E-state index is 11.9. The Morgan fingerprint density at radius 1 is 1.42 bits per heavy atom. The molecule has 0 spiro atoms. The van der Waals surface area contributed by atoms with E-state index in [4.69, 9.17) is 16.3 Å². The standard InChI is InChI=1S/C14H12ClF3N2O3S/c1-22-11-3-2-8(4-9(11)15)10-6-24-13(19-10)20-12(21)5-23-7-14(16,17)18/h2-4,6H,5,7H2,1H3,(H,19,20,21). The first kappa shape index (κ1) is 18.5. The summed E-state index contributed by atoms with van der Waals surface area (Å²) in [6.45, 7) is -2.18. The number of ether oxygens (including phenoxy) is 2. The Morgan fingerprint density at radius 2 is 2.17 bits per heavy atom. The molecule has 1 aromatic heterocycles. The molecule has 0 bridgehead atoms. The molecule has 2 rings (SSSR count). The zero-order chi connectivity index (χ0) is 17.7. The van der Waals surface area contributed by atoms with Gasteiger partial charge < -0.3 is 9.47 Å². The maximum Gasteiger partial charge on any atom is 0.411 e. The van der Waals surface area contributed by atoms with Crippen molar-refractivity contribution in [2.24, 2.45) is 0 Å². The number of rotatable bonds is 6. The minimum atomic E-state index is -4.47. The van der Waals surface area contributed by atoms with Gasteiger partial charge in [0, 0.05) is 10.9 Å². The highest BCUT2D eigenvalue weighted by Crippen LogP contribution is 2.31. The van der Waals surface area contributed by atoms with Crippen molar-refractivity contribution in [2.45, 2.75) is 6.18 Å². The molecule has 0 aliphatic heterocycles. The molecule has 1 N–H and O–H groups in total. The van der Waals surface area contributed by atoms with Gasteiger partial charge in [0.2, 0.25) is 0 Å². The van der Waals surface area contributed by atoms with Crippen molar-refractivity contribution in [1.82, 2.24) is 4.98 Å². The van der Waals surface area contributed by atoms with Crippen LogP contribution in [0.1, 0.15) is 0 Å². The fourth-order valence-electron chi connectivity index (χ4n) is 1.70. The minimum Gasteiger partial charge on any atom is -0.495 e. The smallest absolute Gasteiger partial charge is 0.411 e. The van der Waals surface area contributed by atoms with Crippen LogP contribution in [0.2, 0.25) is 5.02 Å². The summed E-state index contributed by atoms with van der Waals surface area (Å²) in [5.74, 6) is -0.195. The van der Waals surface area contributed by atoms with E-state index in [2.05, 4.69) is 15.0 Å². The first-order chi connectivity index (χ1) is 11.3. The lowest BCUT2D eigenvalue weighted by Crippen LogP contribution is -2.23. The summed E-state index contributed by atoms with van der Waals surface area (Å²) in [5.41, 5.74) is 1.28. The van der Waals surface area contributed by atoms with Gasteiger partial charge in [-0.3, -0.25) is 10.1 Å². The second-order valence-corrected chi connectivity index (χ2v) is 5.81. The van der Waals surface area contributed by atoms with Crippen LogP contribution in [-0.4, -0.2) is 37.4 Å². The van der Waals surface area contributed by atoms with Gasteiger partial charge in [-0.2, -0.15) is 13.2 Å². The number of amides is 1. The average molecular weight is 381 g/mol. The molecule has 1 heterocycles. The van der Waals surface area contributed by atoms with Crippen LogP contribution >= 0.6 is 22.9 Å². The van der Waals surface area contributed by atoms with E-state index < -0.39 is 25.3 Å². The normalized spacial score (nSPS) is 11.4. The summed E-state index contributed by atoms with van der Waals surface area (Å²) in [5, 5.41) is 4.72. The van der Waals surface area contributed by atoms with Crippen LogP contribution in [-0.2, 0) is 9.53 Å². The second kappa shape index (κ2) is 7.82. The highest BCUT2D eigenvalue weighted by Gasteiger charge is 2.27. The number of hydrogen-bond donors (Lipinski definition) is 1. The SMILES string of the molecule is COc1ccc(-c2csc(NC(=O)COCC(F)(F)F)n2)cc1Cl. The van der Waals surface area contributed by atoms with Gasteiger partial charge in [0.15, 0.2) is 5.13 Å². The van der Waals surface area contributed by atoms with Crippen LogP contribution in [0.15, 0.2) is 23.6 Å². The van der Waals surface area contributed by atoms with Gasteiger partial charge in [-0.25, -0.2) is 4.98 Å². The van der Waals surface area contributed by atoms with Crippen molar-refractivity contribution in [3.8, 4) is 17.0 Å². The van der Waals surface area contributed by atoms with E-state index in [0.717, 1.165) is 11.3 Å². The molecule has 0 saturated carbocycles. The summed E-state index contributed by atoms with van der Waals surface area (Å²) in [4.78, 5) is 15.7. The van der Waals surface area contributed by atoms with Gasteiger partial charge in [-0.15, -0.1) is 11.3 Å². The Labute approximate surface area is 144 Å². The largest absolute Gasteiger partial charge is 0.495 e. The number of carbonyl (C=O) groups excluding carboxylic acids is 1. The molecule has 0 radical (unpaired) electrons. The molecule has 0 saturated heterocycles. The summed E-state index contributed by atoms with van der Waals surface area (Å²) >= 11 is 7.17. The summed E-state index contributed by atoms with van der Waals surface area (Å²) in [6, 6.07) is 5.09. The van der Waals surface area contributed by atoms with E-state index in [0.29, 0.717) is 22.0 Å². The number of anilines is 1. The molecule has 5 nitrogen and oxygen atoms in total. The number of carbonyl (C=O) groups is 1. The fraction of sp³-hybridized carbons (Fsp3) is 0.286. The van der Waals surface area contributed by atoms with E-state index in [1.807, 2.05) is 0 Å². The molecule has 10 heteroatoms. The minimum absolute atomic E-state index is 0.248. The third-order valence-electron chi connectivity index (χ3n) is 2.70. The van der Waals surface area contributed by atoms with Crippen molar-refractivity contribution in [1.29, 1.82) is 0 Å². The lowest BCUT2D eigenvalue weighted by molar-refractivity contribution is -0.174. The average Bonchev–Trinajstić information content (AvgIpc) is 2.94. The highest BCUT2D eigenvalue weighted by atomic mass is 35.5. The van der Waals surface area contributed by atoms with Crippen LogP contribution in [0.3, 0.4) is 0 Å². The van der Waals surface area contributed by atoms with Gasteiger partial charge in [0.05, 0.1) is 17.8 Å². The number of thiazole rings is 1. The Kier molecular flexibility index (Phi) is 6.03. The molecular formula is C14H12ClF3N2O3S. The fourth-order valence-corrected chi connectivity index (χ4v) is 2.70. The van der Waals surface area contributed by atoms with Gasteiger partial charge in [-0.05, 0) is 18.2 Å². The van der Waals surface area contributed by atoms with Gasteiger partial charge in [-0.1, -0.05) is 11.6 Å². The van der Waals surface area contributed by atoms with Crippen LogP contribution in [0, 0.1) is 0 Å². The molecule has 0 aliphatic carbocycles. The van der Waals surface area contributed by atoms with Crippen LogP contribution in [0.4, 0.5) is 18.3 Å². The van der Waals surface area contributed by atoms with Crippen LogP contribution < -0.4 is 10.1 Å². The highest BCUT2D eigenvalue weighted by molar-refractivity contribution is 7.14. The topological polar surface area (TPSA) is 60.5 Å². The molecule has 24 heavy (non-hydrogen) atoms. The van der Waals surface area contributed by atoms with Crippen LogP contribution in [0.25, 0.3) is 11.3 Å². The Hall–Kier alpha value is -1.84. The molecule has 0 atom stereocenters. The third-order valence-corrected chi connectivity index (χ3v) is 3.75. The molecule has 2 aromatic rings. The van der Waals surface area contributed by atoms with E-state index in [1.54, 1.807) is 23.6 Å². The summed E-state index contributed by atoms with van der Waals surface area (Å²) in [6.07, 6.45) is -4.47. The molecule has 130 valence electrons. The summed E-state index contributed by atoms with van der Waals surface area (Å²) < 4.78 is 45.1. The molecular weight excluding hydrogens is 369 g/mol. The van der Waals surface area contributed by atoms with E-state index in [-0.39, 0.29) is 5.13 Å². The van der Waals surface area contributed by atoms with Gasteiger partial charge in [0.1, 0.15) is 19.0 Å². The monoisotopic (exact) mass is 380 g/mol. The number of methoxy groups -OCH3 is 1. The molecule has 0 fully saturated rings. The van der Waals surface area contributed by atoms with E-state index >= 15 is 0 Å². The van der Waals surface area contributed by atoms with Crippen molar-refractivity contribution in [2.75, 3.05) is 25.6 Å². The molecule has 0 unspecified atom stereocenters. The number of hydrogen-bond acceptors (Lipinski definition) is 5. The van der Waals surface area contributed by atoms with Crippen molar-refractivity contribution < 1.29 is 27.4 Å². The number of aromatic nitrogens is 1. The Morgan fingerprint density at radius 3 is 2.79 bits per heavy atom. The lowest BCUT2D eigenvalue weighted by Gasteiger charge is -2.07. The van der Waals surface area contributed by atoms with Crippen molar-refractivity contribution >= 4 is 34.0 Å². The molecule has 0 aliphatic rings.